The summed E-state index contributed by atoms with van der Waals surface area (Å²) in [6, 6.07) is 11.2. The minimum Gasteiger partial charge on any atom is -0.367 e. The van der Waals surface area contributed by atoms with Crippen LogP contribution < -0.4 is 10.6 Å². The van der Waals surface area contributed by atoms with E-state index in [0.29, 0.717) is 23.2 Å². The maximum absolute atomic E-state index is 14.2. The fourth-order valence-electron chi connectivity index (χ4n) is 7.92. The van der Waals surface area contributed by atoms with Crippen LogP contribution in [0.25, 0.3) is 0 Å². The molecule has 1 atom stereocenters. The van der Waals surface area contributed by atoms with E-state index in [2.05, 4.69) is 35.7 Å². The Kier molecular flexibility index (Phi) is 10.1. The van der Waals surface area contributed by atoms with Gasteiger partial charge in [-0.3, -0.25) is 9.89 Å². The van der Waals surface area contributed by atoms with Crippen LogP contribution in [0.5, 0.6) is 0 Å². The van der Waals surface area contributed by atoms with E-state index in [9.17, 15) is 9.18 Å². The summed E-state index contributed by atoms with van der Waals surface area (Å²) in [4.78, 5) is 25.0. The summed E-state index contributed by atoms with van der Waals surface area (Å²) in [6.07, 6.45) is 16.8. The Hall–Kier alpha value is -3.04. The number of piperidine rings is 1. The number of amides is 1. The highest BCUT2D eigenvalue weighted by Gasteiger charge is 2.44. The minimum atomic E-state index is -0.331. The lowest BCUT2D eigenvalue weighted by Crippen LogP contribution is -2.55. The lowest BCUT2D eigenvalue weighted by atomic mass is 9.62. The number of nitrogens with one attached hydrogen (secondary N) is 3. The van der Waals surface area contributed by atoms with Crippen molar-refractivity contribution in [2.24, 2.45) is 11.3 Å². The first-order chi connectivity index (χ1) is 21.5. The Labute approximate surface area is 265 Å². The van der Waals surface area contributed by atoms with Crippen LogP contribution in [0.1, 0.15) is 82.0 Å². The van der Waals surface area contributed by atoms with Gasteiger partial charge in [0, 0.05) is 36.6 Å². The number of anilines is 1. The molecule has 3 heterocycles. The Morgan fingerprint density at radius 2 is 1.70 bits per heavy atom. The van der Waals surface area contributed by atoms with Crippen LogP contribution in [0.15, 0.2) is 48.9 Å². The van der Waals surface area contributed by atoms with Crippen LogP contribution in [0.3, 0.4) is 0 Å². The predicted molar refractivity (Wildman–Crippen MR) is 171 cm³/mol. The number of aromatic nitrogens is 4. The van der Waals surface area contributed by atoms with Crippen LogP contribution in [0, 0.1) is 17.2 Å². The Morgan fingerprint density at radius 1 is 0.977 bits per heavy atom. The zero-order chi connectivity index (χ0) is 30.4. The number of aromatic amines is 1. The summed E-state index contributed by atoms with van der Waals surface area (Å²) in [5.74, 6) is 2.22. The molecule has 0 radical (unpaired) electrons. The zero-order valence-corrected chi connectivity index (χ0v) is 26.2. The third-order valence-corrected chi connectivity index (χ3v) is 10.7. The van der Waals surface area contributed by atoms with Crippen molar-refractivity contribution in [3.63, 3.8) is 0 Å². The minimum absolute atomic E-state index is 0.167. The number of nitrogens with zero attached hydrogens (tertiary/aromatic N) is 4. The van der Waals surface area contributed by atoms with Crippen molar-refractivity contribution in [1.82, 2.24) is 30.4 Å². The lowest BCUT2D eigenvalue weighted by Gasteiger charge is -2.48. The molecule has 1 aliphatic heterocycles. The molecule has 2 aliphatic carbocycles. The summed E-state index contributed by atoms with van der Waals surface area (Å²) in [5, 5.41) is 15.2. The molecular formula is C34H45ClFN7O. The van der Waals surface area contributed by atoms with Gasteiger partial charge in [0.15, 0.2) is 0 Å². The average Bonchev–Trinajstić information content (AvgIpc) is 3.57. The number of carbonyl (C=O) groups is 1. The maximum atomic E-state index is 14.2. The quantitative estimate of drug-likeness (QED) is 0.244. The van der Waals surface area contributed by atoms with Crippen molar-refractivity contribution < 1.29 is 9.18 Å². The van der Waals surface area contributed by atoms with E-state index in [1.54, 1.807) is 12.4 Å². The molecule has 2 aromatic heterocycles. The molecule has 1 amide bonds. The molecule has 3 aromatic rings. The standard InChI is InChI=1S/C34H45ClFN7O/c35-26-8-6-24(7-9-26)20-30(40-28-11-13-29(14-12-28)41-31-15-10-27(36)22-37-31)33(44)43-18-16-34(17-19-43,21-32-38-23-39-42-32)25-4-2-1-3-5-25/h6-10,15,22-23,25,28-30,40H,1-5,11-14,16-21H2,(H,37,41)(H,38,39,42)/t28?,29?,30-/m1/s1. The SMILES string of the molecule is O=C([C@@H](Cc1ccc(Cl)cc1)NC1CCC(Nc2ccc(F)cn2)CC1)N1CCC(Cc2ncn[nH]2)(C2CCCCC2)CC1. The van der Waals surface area contributed by atoms with Crippen molar-refractivity contribution >= 4 is 23.3 Å². The van der Waals surface area contributed by atoms with E-state index in [1.165, 1.54) is 44.4 Å². The summed E-state index contributed by atoms with van der Waals surface area (Å²) in [7, 11) is 0. The molecule has 6 rings (SSSR count). The van der Waals surface area contributed by atoms with Gasteiger partial charge in [-0.2, -0.15) is 5.10 Å². The van der Waals surface area contributed by atoms with Gasteiger partial charge < -0.3 is 15.5 Å². The third kappa shape index (κ3) is 7.78. The molecule has 0 unspecified atom stereocenters. The van der Waals surface area contributed by atoms with Crippen molar-refractivity contribution in [3.8, 4) is 0 Å². The molecule has 3 fully saturated rings. The number of likely N-dealkylation sites (tertiary alicyclic amines) is 1. The monoisotopic (exact) mass is 621 g/mol. The maximum Gasteiger partial charge on any atom is 0.240 e. The van der Waals surface area contributed by atoms with Crippen molar-refractivity contribution in [2.45, 2.75) is 102 Å². The molecule has 0 bridgehead atoms. The highest BCUT2D eigenvalue weighted by Crippen LogP contribution is 2.47. The summed E-state index contributed by atoms with van der Waals surface area (Å²) < 4.78 is 13.3. The van der Waals surface area contributed by atoms with Gasteiger partial charge in [-0.25, -0.2) is 14.4 Å². The number of halogens is 2. The van der Waals surface area contributed by atoms with Gasteiger partial charge in [0.1, 0.15) is 23.8 Å². The number of rotatable bonds is 10. The predicted octanol–water partition coefficient (Wildman–Crippen LogP) is 6.35. The normalized spacial score (nSPS) is 23.3. The molecular weight excluding hydrogens is 577 g/mol. The van der Waals surface area contributed by atoms with Gasteiger partial charge in [-0.1, -0.05) is 43.0 Å². The topological polar surface area (TPSA) is 98.8 Å². The smallest absolute Gasteiger partial charge is 0.240 e. The van der Waals surface area contributed by atoms with Crippen LogP contribution in [0.2, 0.25) is 5.02 Å². The van der Waals surface area contributed by atoms with E-state index < -0.39 is 0 Å². The molecule has 3 N–H and O–H groups in total. The summed E-state index contributed by atoms with van der Waals surface area (Å²) in [5.41, 5.74) is 1.28. The fraction of sp³-hybridized carbons (Fsp3) is 0.588. The number of hydrogen-bond acceptors (Lipinski definition) is 6. The molecule has 10 heteroatoms. The largest absolute Gasteiger partial charge is 0.367 e. The van der Waals surface area contributed by atoms with Crippen LogP contribution in [-0.2, 0) is 17.6 Å². The van der Waals surface area contributed by atoms with Crippen molar-refractivity contribution in [1.29, 1.82) is 0 Å². The molecule has 0 spiro atoms. The van der Waals surface area contributed by atoms with Gasteiger partial charge in [0.05, 0.1) is 12.2 Å². The van der Waals surface area contributed by atoms with Gasteiger partial charge in [0.2, 0.25) is 5.91 Å². The summed E-state index contributed by atoms with van der Waals surface area (Å²) >= 11 is 6.18. The first-order valence-electron chi connectivity index (χ1n) is 16.5. The molecule has 1 saturated heterocycles. The molecule has 236 valence electrons. The second-order valence-corrected chi connectivity index (χ2v) is 13.7. The van der Waals surface area contributed by atoms with E-state index >= 15 is 0 Å². The number of hydrogen-bond donors (Lipinski definition) is 3. The van der Waals surface area contributed by atoms with Crippen LogP contribution >= 0.6 is 11.6 Å². The Balaban J connectivity index is 1.10. The summed E-state index contributed by atoms with van der Waals surface area (Å²) in [6.45, 7) is 1.56. The highest BCUT2D eigenvalue weighted by atomic mass is 35.5. The second-order valence-electron chi connectivity index (χ2n) is 13.2. The van der Waals surface area contributed by atoms with Crippen molar-refractivity contribution in [3.05, 3.63) is 71.2 Å². The van der Waals surface area contributed by atoms with Crippen LogP contribution in [-0.4, -0.2) is 62.2 Å². The van der Waals surface area contributed by atoms with Gasteiger partial charge in [-0.05, 0) is 98.9 Å². The Bertz CT molecular complexity index is 1310. The number of carbonyl (C=O) groups excluding carboxylic acids is 1. The first-order valence-corrected chi connectivity index (χ1v) is 16.9. The third-order valence-electron chi connectivity index (χ3n) is 10.4. The Morgan fingerprint density at radius 3 is 2.36 bits per heavy atom. The molecule has 3 aliphatic rings. The highest BCUT2D eigenvalue weighted by molar-refractivity contribution is 6.30. The fourth-order valence-corrected chi connectivity index (χ4v) is 8.05. The molecule has 44 heavy (non-hydrogen) atoms. The van der Waals surface area contributed by atoms with Gasteiger partial charge in [-0.15, -0.1) is 0 Å². The number of benzene rings is 1. The van der Waals surface area contributed by atoms with Gasteiger partial charge >= 0.3 is 0 Å². The van der Waals surface area contributed by atoms with Crippen LogP contribution in [0.4, 0.5) is 10.2 Å². The van der Waals surface area contributed by atoms with Crippen molar-refractivity contribution in [2.75, 3.05) is 18.4 Å². The molecule has 2 saturated carbocycles. The van der Waals surface area contributed by atoms with E-state index in [0.717, 1.165) is 69.4 Å². The molecule has 1 aromatic carbocycles. The zero-order valence-electron chi connectivity index (χ0n) is 25.5. The van der Waals surface area contributed by atoms with Gasteiger partial charge in [0.25, 0.3) is 0 Å². The lowest BCUT2D eigenvalue weighted by molar-refractivity contribution is -0.137. The van der Waals surface area contributed by atoms with E-state index in [-0.39, 0.29) is 35.3 Å². The molecule has 8 nitrogen and oxygen atoms in total. The number of H-pyrrole nitrogens is 1. The first kappa shape index (κ1) is 31.0. The van der Waals surface area contributed by atoms with E-state index in [1.807, 2.05) is 24.3 Å². The van der Waals surface area contributed by atoms with E-state index in [4.69, 9.17) is 11.6 Å². The number of pyridine rings is 1. The average molecular weight is 622 g/mol. The second kappa shape index (κ2) is 14.4.